The van der Waals surface area contributed by atoms with E-state index in [0.717, 1.165) is 16.8 Å². The average molecular weight is 282 g/mol. The monoisotopic (exact) mass is 282 g/mol. The minimum atomic E-state index is -0.0968. The second-order valence-corrected chi connectivity index (χ2v) is 5.30. The molecule has 0 aliphatic carbocycles. The molecule has 0 aromatic heterocycles. The Labute approximate surface area is 126 Å². The SMILES string of the molecule is Cc1ccccc1N(C)C(=O)CCC(N)c1ccccc1. The maximum atomic E-state index is 12.3. The summed E-state index contributed by atoms with van der Waals surface area (Å²) in [6.07, 6.45) is 1.10. The Bertz CT molecular complexity index is 595. The third-order valence-electron chi connectivity index (χ3n) is 3.75. The second kappa shape index (κ2) is 7.04. The van der Waals surface area contributed by atoms with Gasteiger partial charge in [-0.15, -0.1) is 0 Å². The molecule has 3 heteroatoms. The van der Waals surface area contributed by atoms with E-state index in [-0.39, 0.29) is 11.9 Å². The molecule has 0 spiro atoms. The van der Waals surface area contributed by atoms with Gasteiger partial charge in [-0.1, -0.05) is 48.5 Å². The molecule has 21 heavy (non-hydrogen) atoms. The molecule has 0 bridgehead atoms. The van der Waals surface area contributed by atoms with Crippen molar-refractivity contribution < 1.29 is 4.79 Å². The van der Waals surface area contributed by atoms with E-state index in [1.54, 1.807) is 4.90 Å². The number of hydrogen-bond donors (Lipinski definition) is 1. The first kappa shape index (κ1) is 15.3. The number of hydrogen-bond acceptors (Lipinski definition) is 2. The van der Waals surface area contributed by atoms with Gasteiger partial charge in [0.1, 0.15) is 0 Å². The van der Waals surface area contributed by atoms with Gasteiger partial charge in [0.2, 0.25) is 5.91 Å². The number of nitrogens with zero attached hydrogens (tertiary/aromatic N) is 1. The number of carbonyl (C=O) groups excluding carboxylic acids is 1. The highest BCUT2D eigenvalue weighted by Crippen LogP contribution is 2.21. The summed E-state index contributed by atoms with van der Waals surface area (Å²) in [6.45, 7) is 2.01. The summed E-state index contributed by atoms with van der Waals surface area (Å²) in [4.78, 5) is 14.0. The van der Waals surface area contributed by atoms with Gasteiger partial charge in [0.05, 0.1) is 0 Å². The van der Waals surface area contributed by atoms with Crippen molar-refractivity contribution in [2.75, 3.05) is 11.9 Å². The molecule has 1 unspecified atom stereocenters. The van der Waals surface area contributed by atoms with Crippen LogP contribution in [0.4, 0.5) is 5.69 Å². The Morgan fingerprint density at radius 2 is 1.71 bits per heavy atom. The molecule has 0 saturated carbocycles. The van der Waals surface area contributed by atoms with Gasteiger partial charge in [-0.2, -0.15) is 0 Å². The maximum Gasteiger partial charge on any atom is 0.226 e. The van der Waals surface area contributed by atoms with E-state index in [0.29, 0.717) is 12.8 Å². The molecule has 110 valence electrons. The normalized spacial score (nSPS) is 12.0. The van der Waals surface area contributed by atoms with E-state index in [1.165, 1.54) is 0 Å². The zero-order valence-electron chi connectivity index (χ0n) is 12.6. The third-order valence-corrected chi connectivity index (χ3v) is 3.75. The van der Waals surface area contributed by atoms with E-state index in [9.17, 15) is 4.79 Å². The van der Waals surface area contributed by atoms with Crippen LogP contribution < -0.4 is 10.6 Å². The molecule has 0 heterocycles. The van der Waals surface area contributed by atoms with Crippen LogP contribution in [0.5, 0.6) is 0 Å². The lowest BCUT2D eigenvalue weighted by atomic mass is 10.0. The fourth-order valence-corrected chi connectivity index (χ4v) is 2.39. The van der Waals surface area contributed by atoms with Gasteiger partial charge in [0.15, 0.2) is 0 Å². The highest BCUT2D eigenvalue weighted by atomic mass is 16.2. The van der Waals surface area contributed by atoms with Crippen molar-refractivity contribution in [3.8, 4) is 0 Å². The number of rotatable bonds is 5. The molecule has 0 aliphatic heterocycles. The summed E-state index contributed by atoms with van der Waals surface area (Å²) >= 11 is 0. The first-order chi connectivity index (χ1) is 10.1. The largest absolute Gasteiger partial charge is 0.324 e. The minimum absolute atomic E-state index is 0.0932. The third kappa shape index (κ3) is 3.92. The minimum Gasteiger partial charge on any atom is -0.324 e. The van der Waals surface area contributed by atoms with E-state index in [1.807, 2.05) is 68.6 Å². The topological polar surface area (TPSA) is 46.3 Å². The predicted molar refractivity (Wildman–Crippen MR) is 87.2 cm³/mol. The zero-order valence-corrected chi connectivity index (χ0v) is 12.6. The molecule has 0 aliphatic rings. The molecule has 3 nitrogen and oxygen atoms in total. The standard InChI is InChI=1S/C18H22N2O/c1-14-8-6-7-11-17(14)20(2)18(21)13-12-16(19)15-9-4-3-5-10-15/h3-11,16H,12-13,19H2,1-2H3. The highest BCUT2D eigenvalue weighted by Gasteiger charge is 2.14. The van der Waals surface area contributed by atoms with Crippen molar-refractivity contribution in [2.45, 2.75) is 25.8 Å². The van der Waals surface area contributed by atoms with Crippen LogP contribution in [0.25, 0.3) is 0 Å². The Balaban J connectivity index is 1.94. The van der Waals surface area contributed by atoms with Crippen LogP contribution in [0.1, 0.15) is 30.0 Å². The van der Waals surface area contributed by atoms with Crippen molar-refractivity contribution in [3.63, 3.8) is 0 Å². The number of nitrogens with two attached hydrogens (primary N) is 1. The summed E-state index contributed by atoms with van der Waals surface area (Å²) in [5.41, 5.74) is 9.27. The number of anilines is 1. The number of benzene rings is 2. The van der Waals surface area contributed by atoms with Gasteiger partial charge < -0.3 is 10.6 Å². The number of aryl methyl sites for hydroxylation is 1. The lowest BCUT2D eigenvalue weighted by Crippen LogP contribution is -2.27. The molecule has 0 saturated heterocycles. The van der Waals surface area contributed by atoms with E-state index >= 15 is 0 Å². The Morgan fingerprint density at radius 1 is 1.10 bits per heavy atom. The van der Waals surface area contributed by atoms with Crippen molar-refractivity contribution in [1.82, 2.24) is 0 Å². The van der Waals surface area contributed by atoms with Crippen LogP contribution in [-0.2, 0) is 4.79 Å². The molecular weight excluding hydrogens is 260 g/mol. The Kier molecular flexibility index (Phi) is 5.12. The van der Waals surface area contributed by atoms with Crippen LogP contribution in [0, 0.1) is 6.92 Å². The fourth-order valence-electron chi connectivity index (χ4n) is 2.39. The van der Waals surface area contributed by atoms with Gasteiger partial charge >= 0.3 is 0 Å². The van der Waals surface area contributed by atoms with Crippen LogP contribution in [0.15, 0.2) is 54.6 Å². The van der Waals surface area contributed by atoms with Crippen molar-refractivity contribution >= 4 is 11.6 Å². The lowest BCUT2D eigenvalue weighted by molar-refractivity contribution is -0.118. The number of amides is 1. The quantitative estimate of drug-likeness (QED) is 0.913. The van der Waals surface area contributed by atoms with Gasteiger partial charge in [0.25, 0.3) is 0 Å². The van der Waals surface area contributed by atoms with Gasteiger partial charge in [-0.25, -0.2) is 0 Å². The summed E-state index contributed by atoms with van der Waals surface area (Å²) in [5, 5.41) is 0. The number of carbonyl (C=O) groups is 1. The van der Waals surface area contributed by atoms with Gasteiger partial charge in [-0.05, 0) is 30.5 Å². The summed E-state index contributed by atoms with van der Waals surface area (Å²) in [7, 11) is 1.82. The molecule has 1 atom stereocenters. The second-order valence-electron chi connectivity index (χ2n) is 5.30. The molecular formula is C18H22N2O. The van der Waals surface area contributed by atoms with Crippen LogP contribution in [-0.4, -0.2) is 13.0 Å². The lowest BCUT2D eigenvalue weighted by Gasteiger charge is -2.20. The highest BCUT2D eigenvalue weighted by molar-refractivity contribution is 5.93. The zero-order chi connectivity index (χ0) is 15.2. The van der Waals surface area contributed by atoms with Crippen molar-refractivity contribution in [1.29, 1.82) is 0 Å². The molecule has 0 fully saturated rings. The van der Waals surface area contributed by atoms with Crippen LogP contribution in [0.2, 0.25) is 0 Å². The maximum absolute atomic E-state index is 12.3. The molecule has 2 aromatic carbocycles. The van der Waals surface area contributed by atoms with Gasteiger partial charge in [0, 0.05) is 25.2 Å². The first-order valence-corrected chi connectivity index (χ1v) is 7.22. The van der Waals surface area contributed by atoms with Gasteiger partial charge in [-0.3, -0.25) is 4.79 Å². The fraction of sp³-hybridized carbons (Fsp3) is 0.278. The van der Waals surface area contributed by atoms with Crippen LogP contribution in [0.3, 0.4) is 0 Å². The Morgan fingerprint density at radius 3 is 2.38 bits per heavy atom. The smallest absolute Gasteiger partial charge is 0.226 e. The number of para-hydroxylation sites is 1. The predicted octanol–water partition coefficient (Wildman–Crippen LogP) is 3.44. The Hall–Kier alpha value is -2.13. The summed E-state index contributed by atoms with van der Waals surface area (Å²) in [5.74, 6) is 0.0932. The van der Waals surface area contributed by atoms with E-state index in [4.69, 9.17) is 5.73 Å². The van der Waals surface area contributed by atoms with Crippen molar-refractivity contribution in [2.24, 2.45) is 5.73 Å². The summed E-state index contributed by atoms with van der Waals surface area (Å²) < 4.78 is 0. The molecule has 2 rings (SSSR count). The van der Waals surface area contributed by atoms with Crippen LogP contribution >= 0.6 is 0 Å². The molecule has 0 radical (unpaired) electrons. The average Bonchev–Trinajstić information content (AvgIpc) is 2.53. The molecule has 1 amide bonds. The first-order valence-electron chi connectivity index (χ1n) is 7.22. The summed E-state index contributed by atoms with van der Waals surface area (Å²) in [6, 6.07) is 17.7. The molecule has 2 N–H and O–H groups in total. The van der Waals surface area contributed by atoms with E-state index in [2.05, 4.69) is 0 Å². The van der Waals surface area contributed by atoms with Crippen molar-refractivity contribution in [3.05, 3.63) is 65.7 Å². The molecule has 2 aromatic rings. The van der Waals surface area contributed by atoms with E-state index < -0.39 is 0 Å².